The Morgan fingerprint density at radius 2 is 1.86 bits per heavy atom. The molecule has 2 aliphatic heterocycles. The highest BCUT2D eigenvalue weighted by Crippen LogP contribution is 2.37. The van der Waals surface area contributed by atoms with Crippen LogP contribution < -0.4 is 20.1 Å². The fraction of sp³-hybridized carbons (Fsp3) is 0.444. The summed E-state index contributed by atoms with van der Waals surface area (Å²) in [5, 5.41) is 5.98. The van der Waals surface area contributed by atoms with Crippen LogP contribution in [0, 0.1) is 5.41 Å². The Kier molecular flexibility index (Phi) is 6.74. The Morgan fingerprint density at radius 3 is 2.54 bits per heavy atom. The molecule has 1 fully saturated rings. The highest BCUT2D eigenvalue weighted by molar-refractivity contribution is 6.10. The highest BCUT2D eigenvalue weighted by Gasteiger charge is 2.40. The normalized spacial score (nSPS) is 19.7. The zero-order chi connectivity index (χ0) is 25.3. The third-order valence-electron chi connectivity index (χ3n) is 6.45. The number of amides is 3. The third-order valence-corrected chi connectivity index (χ3v) is 6.45. The molecule has 2 aromatic carbocycles. The molecule has 2 N–H and O–H groups in total. The van der Waals surface area contributed by atoms with Crippen molar-refractivity contribution in [2.45, 2.75) is 52.1 Å². The van der Waals surface area contributed by atoms with Gasteiger partial charge in [-0.05, 0) is 48.1 Å². The van der Waals surface area contributed by atoms with Gasteiger partial charge in [-0.3, -0.25) is 14.4 Å². The Morgan fingerprint density at radius 1 is 1.09 bits per heavy atom. The lowest BCUT2D eigenvalue weighted by Gasteiger charge is -2.37. The van der Waals surface area contributed by atoms with Gasteiger partial charge in [-0.15, -0.1) is 0 Å². The van der Waals surface area contributed by atoms with Crippen LogP contribution in [0.15, 0.2) is 36.4 Å². The first-order valence-corrected chi connectivity index (χ1v) is 11.9. The number of ether oxygens (including phenoxy) is 2. The average Bonchev–Trinajstić information content (AvgIpc) is 2.91. The number of carbonyl (C=O) groups excluding carboxylic acids is 3. The molecule has 2 unspecified atom stereocenters. The van der Waals surface area contributed by atoms with Crippen molar-refractivity contribution in [2.75, 3.05) is 26.1 Å². The maximum Gasteiger partial charge on any atom is 0.256 e. The van der Waals surface area contributed by atoms with E-state index in [4.69, 9.17) is 9.47 Å². The summed E-state index contributed by atoms with van der Waals surface area (Å²) >= 11 is 0. The van der Waals surface area contributed by atoms with Gasteiger partial charge in [0.1, 0.15) is 17.5 Å². The number of carbonyl (C=O) groups is 3. The second-order valence-electron chi connectivity index (χ2n) is 10.4. The fourth-order valence-electron chi connectivity index (χ4n) is 4.75. The third kappa shape index (κ3) is 5.26. The van der Waals surface area contributed by atoms with Crippen LogP contribution in [-0.2, 0) is 9.59 Å². The molecule has 0 saturated carbocycles. The van der Waals surface area contributed by atoms with E-state index in [1.54, 1.807) is 37.3 Å². The second kappa shape index (κ2) is 9.60. The van der Waals surface area contributed by atoms with E-state index in [0.717, 1.165) is 11.1 Å². The Labute approximate surface area is 206 Å². The Bertz CT molecular complexity index is 1150. The lowest BCUT2D eigenvalue weighted by Crippen LogP contribution is -2.55. The molecule has 2 aromatic rings. The summed E-state index contributed by atoms with van der Waals surface area (Å²) in [6.45, 7) is 6.44. The number of fused-ring (bicyclic) bond motifs is 2. The molecule has 2 heterocycles. The number of benzene rings is 2. The van der Waals surface area contributed by atoms with Gasteiger partial charge < -0.3 is 25.0 Å². The molecule has 0 radical (unpaired) electrons. The molecule has 186 valence electrons. The van der Waals surface area contributed by atoms with Crippen molar-refractivity contribution in [2.24, 2.45) is 5.41 Å². The summed E-state index contributed by atoms with van der Waals surface area (Å²) in [6.07, 6.45) is 1.40. The summed E-state index contributed by atoms with van der Waals surface area (Å²) < 4.78 is 10.8. The minimum absolute atomic E-state index is 0.0299. The molecular weight excluding hydrogens is 446 g/mol. The second-order valence-corrected chi connectivity index (χ2v) is 10.4. The molecule has 2 aliphatic rings. The molecule has 0 bridgehead atoms. The van der Waals surface area contributed by atoms with Gasteiger partial charge in [0.15, 0.2) is 0 Å². The van der Waals surface area contributed by atoms with E-state index in [0.29, 0.717) is 48.6 Å². The quantitative estimate of drug-likeness (QED) is 0.679. The number of anilines is 1. The first kappa shape index (κ1) is 24.6. The fourth-order valence-corrected chi connectivity index (χ4v) is 4.75. The van der Waals surface area contributed by atoms with E-state index >= 15 is 0 Å². The van der Waals surface area contributed by atoms with Crippen LogP contribution >= 0.6 is 0 Å². The van der Waals surface area contributed by atoms with E-state index < -0.39 is 6.04 Å². The van der Waals surface area contributed by atoms with Gasteiger partial charge in [0.2, 0.25) is 11.8 Å². The highest BCUT2D eigenvalue weighted by atomic mass is 16.5. The molecule has 0 aromatic heterocycles. The number of nitrogens with one attached hydrogen (secondary N) is 2. The van der Waals surface area contributed by atoms with Crippen LogP contribution in [0.2, 0.25) is 0 Å². The lowest BCUT2D eigenvalue weighted by atomic mass is 9.91. The zero-order valence-corrected chi connectivity index (χ0v) is 20.9. The smallest absolute Gasteiger partial charge is 0.256 e. The van der Waals surface area contributed by atoms with E-state index in [2.05, 4.69) is 10.6 Å². The largest absolute Gasteiger partial charge is 0.497 e. The van der Waals surface area contributed by atoms with Gasteiger partial charge >= 0.3 is 0 Å². The van der Waals surface area contributed by atoms with Crippen LogP contribution in [0.25, 0.3) is 11.1 Å². The van der Waals surface area contributed by atoms with Crippen LogP contribution in [0.1, 0.15) is 50.4 Å². The zero-order valence-electron chi connectivity index (χ0n) is 20.9. The van der Waals surface area contributed by atoms with Gasteiger partial charge in [-0.1, -0.05) is 26.8 Å². The van der Waals surface area contributed by atoms with Crippen LogP contribution in [0.4, 0.5) is 5.69 Å². The van der Waals surface area contributed by atoms with Crippen molar-refractivity contribution in [3.63, 3.8) is 0 Å². The van der Waals surface area contributed by atoms with Crippen molar-refractivity contribution in [1.29, 1.82) is 0 Å². The number of hydrogen-bond donors (Lipinski definition) is 2. The van der Waals surface area contributed by atoms with Crippen molar-refractivity contribution >= 4 is 23.4 Å². The monoisotopic (exact) mass is 479 g/mol. The van der Waals surface area contributed by atoms with Crippen molar-refractivity contribution < 1.29 is 23.9 Å². The summed E-state index contributed by atoms with van der Waals surface area (Å²) in [5.74, 6) is 0.833. The average molecular weight is 480 g/mol. The number of hydrogen-bond acceptors (Lipinski definition) is 5. The first-order chi connectivity index (χ1) is 16.6. The van der Waals surface area contributed by atoms with Crippen LogP contribution in [-0.4, -0.2) is 55.5 Å². The van der Waals surface area contributed by atoms with Crippen LogP contribution in [0.3, 0.4) is 0 Å². The van der Waals surface area contributed by atoms with Gasteiger partial charge in [0.05, 0.1) is 25.5 Å². The molecule has 4 rings (SSSR count). The summed E-state index contributed by atoms with van der Waals surface area (Å²) in [4.78, 5) is 40.7. The van der Waals surface area contributed by atoms with Gasteiger partial charge in [0.25, 0.3) is 5.91 Å². The SMILES string of the molecule is COc1ccc(-c2ccc3c(c2)C(=O)N2CCC(NC(=O)CC(C)(C)C)CC2C(=O)N3)c(OC)c1. The molecule has 0 aliphatic carbocycles. The minimum atomic E-state index is -0.637. The maximum atomic E-state index is 13.6. The van der Waals surface area contributed by atoms with E-state index in [9.17, 15) is 14.4 Å². The molecule has 8 heteroatoms. The number of piperidine rings is 1. The van der Waals surface area contributed by atoms with Gasteiger partial charge in [-0.2, -0.15) is 0 Å². The Balaban J connectivity index is 1.58. The molecule has 1 saturated heterocycles. The predicted molar refractivity (Wildman–Crippen MR) is 134 cm³/mol. The van der Waals surface area contributed by atoms with Crippen molar-refractivity contribution in [1.82, 2.24) is 10.2 Å². The minimum Gasteiger partial charge on any atom is -0.497 e. The summed E-state index contributed by atoms with van der Waals surface area (Å²) in [5.41, 5.74) is 2.42. The summed E-state index contributed by atoms with van der Waals surface area (Å²) in [6, 6.07) is 10.1. The predicted octanol–water partition coefficient (Wildman–Crippen LogP) is 3.85. The number of rotatable bonds is 5. The first-order valence-electron chi connectivity index (χ1n) is 11.9. The van der Waals surface area contributed by atoms with Crippen LogP contribution in [0.5, 0.6) is 11.5 Å². The molecule has 2 atom stereocenters. The molecule has 8 nitrogen and oxygen atoms in total. The van der Waals surface area contributed by atoms with E-state index in [1.807, 2.05) is 39.0 Å². The molecular formula is C27H33N3O5. The molecule has 35 heavy (non-hydrogen) atoms. The number of nitrogens with zero attached hydrogens (tertiary/aromatic N) is 1. The standard InChI is InChI=1S/C27H33N3O5/c1-27(2,3)15-24(31)28-17-10-11-30-22(13-17)25(32)29-21-9-6-16(12-20(21)26(30)33)19-8-7-18(34-4)14-23(19)35-5/h6-9,12,14,17,22H,10-11,13,15H2,1-5H3,(H,28,31)(H,29,32). The maximum absolute atomic E-state index is 13.6. The van der Waals surface area contributed by atoms with Crippen molar-refractivity contribution in [3.8, 4) is 22.6 Å². The number of methoxy groups -OCH3 is 2. The topological polar surface area (TPSA) is 97.0 Å². The van der Waals surface area contributed by atoms with Gasteiger partial charge in [-0.25, -0.2) is 0 Å². The van der Waals surface area contributed by atoms with Gasteiger partial charge in [0, 0.05) is 30.6 Å². The van der Waals surface area contributed by atoms with E-state index in [-0.39, 0.29) is 29.2 Å². The molecule has 3 amide bonds. The molecule has 0 spiro atoms. The summed E-state index contributed by atoms with van der Waals surface area (Å²) in [7, 11) is 3.18. The van der Waals surface area contributed by atoms with E-state index in [1.165, 1.54) is 0 Å². The Hall–Kier alpha value is -3.55. The lowest BCUT2D eigenvalue weighted by molar-refractivity contribution is -0.126. The van der Waals surface area contributed by atoms with Crippen molar-refractivity contribution in [3.05, 3.63) is 42.0 Å².